The molecule has 0 aromatic carbocycles. The molecule has 4 nitrogen and oxygen atoms in total. The third kappa shape index (κ3) is 4.34. The molecule has 0 radical (unpaired) electrons. The van der Waals surface area contributed by atoms with E-state index in [0.717, 1.165) is 58.7 Å². The molecule has 1 aromatic heterocycles. The van der Waals surface area contributed by atoms with Crippen LogP contribution in [0.15, 0.2) is 17.5 Å². The van der Waals surface area contributed by atoms with Crippen LogP contribution >= 0.6 is 11.3 Å². The number of amides is 1. The molecule has 128 valence electrons. The molecule has 2 saturated heterocycles. The fourth-order valence-corrected chi connectivity index (χ4v) is 4.56. The first-order valence-electron chi connectivity index (χ1n) is 8.90. The zero-order chi connectivity index (χ0) is 16.1. The lowest BCUT2D eigenvalue weighted by Crippen LogP contribution is -2.47. The zero-order valence-corrected chi connectivity index (χ0v) is 14.9. The average molecular weight is 337 g/mol. The Kier molecular flexibility index (Phi) is 6.08. The van der Waals surface area contributed by atoms with Crippen molar-refractivity contribution in [3.05, 3.63) is 22.4 Å². The topological polar surface area (TPSA) is 32.8 Å². The zero-order valence-electron chi connectivity index (χ0n) is 14.1. The van der Waals surface area contributed by atoms with Crippen molar-refractivity contribution in [3.8, 4) is 0 Å². The fraction of sp³-hybridized carbons (Fsp3) is 0.722. The van der Waals surface area contributed by atoms with Crippen molar-refractivity contribution in [2.45, 2.75) is 38.6 Å². The van der Waals surface area contributed by atoms with Crippen LogP contribution in [0.2, 0.25) is 0 Å². The van der Waals surface area contributed by atoms with Crippen molar-refractivity contribution in [2.24, 2.45) is 5.92 Å². The summed E-state index contributed by atoms with van der Waals surface area (Å²) in [4.78, 5) is 18.6. The quantitative estimate of drug-likeness (QED) is 0.801. The maximum absolute atomic E-state index is 12.5. The van der Waals surface area contributed by atoms with E-state index in [1.54, 1.807) is 11.3 Å². The number of aryl methyl sites for hydroxylation is 1. The largest absolute Gasteiger partial charge is 0.379 e. The first kappa shape index (κ1) is 16.9. The van der Waals surface area contributed by atoms with Crippen molar-refractivity contribution in [1.29, 1.82) is 0 Å². The second kappa shape index (κ2) is 8.27. The summed E-state index contributed by atoms with van der Waals surface area (Å²) in [6.07, 6.45) is 3.83. The molecule has 2 fully saturated rings. The molecule has 1 amide bonds. The number of hydrogen-bond acceptors (Lipinski definition) is 4. The Morgan fingerprint density at radius 3 is 2.87 bits per heavy atom. The van der Waals surface area contributed by atoms with Gasteiger partial charge in [0.25, 0.3) is 0 Å². The molecule has 5 heteroatoms. The Hall–Kier alpha value is -0.910. The van der Waals surface area contributed by atoms with Crippen LogP contribution in [-0.4, -0.2) is 61.1 Å². The Labute approximate surface area is 143 Å². The van der Waals surface area contributed by atoms with Gasteiger partial charge in [-0.05, 0) is 30.2 Å². The summed E-state index contributed by atoms with van der Waals surface area (Å²) in [6, 6.07) is 4.78. The number of carbonyl (C=O) groups is 1. The van der Waals surface area contributed by atoms with E-state index in [2.05, 4.69) is 34.2 Å². The molecule has 0 saturated carbocycles. The Balaban J connectivity index is 1.48. The molecule has 2 atom stereocenters. The van der Waals surface area contributed by atoms with Gasteiger partial charge in [0.15, 0.2) is 0 Å². The minimum Gasteiger partial charge on any atom is -0.379 e. The van der Waals surface area contributed by atoms with Gasteiger partial charge in [0.2, 0.25) is 5.91 Å². The van der Waals surface area contributed by atoms with Gasteiger partial charge in [-0.2, -0.15) is 0 Å². The third-order valence-corrected chi connectivity index (χ3v) is 6.13. The van der Waals surface area contributed by atoms with Crippen LogP contribution in [0.1, 0.15) is 31.1 Å². The lowest BCUT2D eigenvalue weighted by Gasteiger charge is -2.34. The Morgan fingerprint density at radius 1 is 1.35 bits per heavy atom. The second-order valence-corrected chi connectivity index (χ2v) is 7.65. The van der Waals surface area contributed by atoms with Gasteiger partial charge in [-0.1, -0.05) is 19.4 Å². The third-order valence-electron chi connectivity index (χ3n) is 5.19. The van der Waals surface area contributed by atoms with E-state index in [9.17, 15) is 4.79 Å². The summed E-state index contributed by atoms with van der Waals surface area (Å²) >= 11 is 1.79. The van der Waals surface area contributed by atoms with Crippen LogP contribution < -0.4 is 0 Å². The molecule has 0 aliphatic carbocycles. The molecule has 0 N–H and O–H groups in total. The molecule has 3 heterocycles. The van der Waals surface area contributed by atoms with E-state index >= 15 is 0 Å². The van der Waals surface area contributed by atoms with Crippen molar-refractivity contribution in [1.82, 2.24) is 9.80 Å². The van der Waals surface area contributed by atoms with E-state index in [4.69, 9.17) is 4.74 Å². The monoisotopic (exact) mass is 336 g/mol. The Morgan fingerprint density at radius 2 is 2.17 bits per heavy atom. The molecule has 0 spiro atoms. The molecular weight excluding hydrogens is 308 g/mol. The SMILES string of the molecule is CCC1CN(C(=O)CCCc2cccs2)CC1N1CCOCC1. The standard InChI is InChI=1S/C18H28N2O2S/c1-2-15-13-20(14-17(15)19-8-10-22-11-9-19)18(21)7-3-5-16-6-4-12-23-16/h4,6,12,15,17H,2-3,5,7-11,13-14H2,1H3. The highest BCUT2D eigenvalue weighted by molar-refractivity contribution is 7.09. The van der Waals surface area contributed by atoms with Gasteiger partial charge in [0.1, 0.15) is 0 Å². The van der Waals surface area contributed by atoms with Crippen LogP contribution in [0.4, 0.5) is 0 Å². The smallest absolute Gasteiger partial charge is 0.222 e. The van der Waals surface area contributed by atoms with Crippen LogP contribution in [0.5, 0.6) is 0 Å². The summed E-state index contributed by atoms with van der Waals surface area (Å²) in [7, 11) is 0. The number of likely N-dealkylation sites (tertiary alicyclic amines) is 1. The number of ether oxygens (including phenoxy) is 1. The van der Waals surface area contributed by atoms with Gasteiger partial charge in [-0.3, -0.25) is 9.69 Å². The molecule has 2 unspecified atom stereocenters. The normalized spacial score (nSPS) is 25.9. The first-order valence-corrected chi connectivity index (χ1v) is 9.78. The number of rotatable bonds is 6. The highest BCUT2D eigenvalue weighted by Gasteiger charge is 2.37. The van der Waals surface area contributed by atoms with Crippen LogP contribution in [0.25, 0.3) is 0 Å². The molecule has 0 bridgehead atoms. The summed E-state index contributed by atoms with van der Waals surface area (Å²) in [5, 5.41) is 2.11. The van der Waals surface area contributed by atoms with Gasteiger partial charge in [0, 0.05) is 43.5 Å². The first-order chi connectivity index (χ1) is 11.3. The van der Waals surface area contributed by atoms with Gasteiger partial charge < -0.3 is 9.64 Å². The Bertz CT molecular complexity index is 485. The average Bonchev–Trinajstić information content (AvgIpc) is 3.25. The summed E-state index contributed by atoms with van der Waals surface area (Å²) < 4.78 is 5.47. The number of nitrogens with zero attached hydrogens (tertiary/aromatic N) is 2. The number of hydrogen-bond donors (Lipinski definition) is 0. The lowest BCUT2D eigenvalue weighted by molar-refractivity contribution is -0.130. The number of carbonyl (C=O) groups excluding carboxylic acids is 1. The summed E-state index contributed by atoms with van der Waals surface area (Å²) in [6.45, 7) is 7.81. The predicted octanol–water partition coefficient (Wildman–Crippen LogP) is 2.64. The van der Waals surface area contributed by atoms with E-state index in [0.29, 0.717) is 24.3 Å². The highest BCUT2D eigenvalue weighted by atomic mass is 32.1. The minimum absolute atomic E-state index is 0.343. The van der Waals surface area contributed by atoms with Gasteiger partial charge in [-0.15, -0.1) is 11.3 Å². The van der Waals surface area contributed by atoms with E-state index in [1.165, 1.54) is 4.88 Å². The molecular formula is C18H28N2O2S. The van der Waals surface area contributed by atoms with Gasteiger partial charge >= 0.3 is 0 Å². The highest BCUT2D eigenvalue weighted by Crippen LogP contribution is 2.26. The van der Waals surface area contributed by atoms with Crippen molar-refractivity contribution in [2.75, 3.05) is 39.4 Å². The van der Waals surface area contributed by atoms with Gasteiger partial charge in [-0.25, -0.2) is 0 Å². The molecule has 3 rings (SSSR count). The van der Waals surface area contributed by atoms with E-state index < -0.39 is 0 Å². The maximum Gasteiger partial charge on any atom is 0.222 e. The van der Waals surface area contributed by atoms with Crippen molar-refractivity contribution >= 4 is 17.2 Å². The lowest BCUT2D eigenvalue weighted by atomic mass is 9.99. The summed E-state index contributed by atoms with van der Waals surface area (Å²) in [5.74, 6) is 0.963. The molecule has 23 heavy (non-hydrogen) atoms. The van der Waals surface area contributed by atoms with E-state index in [-0.39, 0.29) is 0 Å². The maximum atomic E-state index is 12.5. The van der Waals surface area contributed by atoms with Crippen molar-refractivity contribution < 1.29 is 9.53 Å². The molecule has 2 aliphatic heterocycles. The number of morpholine rings is 1. The molecule has 1 aromatic rings. The van der Waals surface area contributed by atoms with E-state index in [1.807, 2.05) is 0 Å². The van der Waals surface area contributed by atoms with Crippen LogP contribution in [-0.2, 0) is 16.0 Å². The summed E-state index contributed by atoms with van der Waals surface area (Å²) in [5.41, 5.74) is 0. The second-order valence-electron chi connectivity index (χ2n) is 6.62. The van der Waals surface area contributed by atoms with Gasteiger partial charge in [0.05, 0.1) is 13.2 Å². The predicted molar refractivity (Wildman–Crippen MR) is 93.8 cm³/mol. The molecule has 2 aliphatic rings. The number of thiophene rings is 1. The van der Waals surface area contributed by atoms with Crippen molar-refractivity contribution in [3.63, 3.8) is 0 Å². The van der Waals surface area contributed by atoms with Crippen LogP contribution in [0.3, 0.4) is 0 Å². The van der Waals surface area contributed by atoms with Crippen LogP contribution in [0, 0.1) is 5.92 Å². The fourth-order valence-electron chi connectivity index (χ4n) is 3.81. The minimum atomic E-state index is 0.343.